The minimum atomic E-state index is -0.125. The average molecular weight is 268 g/mol. The van der Waals surface area contributed by atoms with Gasteiger partial charge in [0.25, 0.3) is 0 Å². The number of aliphatic hydroxyl groups excluding tert-OH is 2. The van der Waals surface area contributed by atoms with Crippen LogP contribution in [0.5, 0.6) is 0 Å². The van der Waals surface area contributed by atoms with E-state index in [0.29, 0.717) is 0 Å². The Hall–Kier alpha value is -0.640. The Bertz CT molecular complexity index is 282. The summed E-state index contributed by atoms with van der Waals surface area (Å²) >= 11 is 0. The van der Waals surface area contributed by atoms with Crippen LogP contribution in [0.1, 0.15) is 26.7 Å². The molecule has 2 N–H and O–H groups in total. The number of allylic oxidation sites excluding steroid dienone is 4. The van der Waals surface area contributed by atoms with Crippen LogP contribution in [-0.4, -0.2) is 36.6 Å². The lowest BCUT2D eigenvalue weighted by molar-refractivity contribution is 0.162. The molecule has 2 bridgehead atoms. The molecule has 0 heterocycles. The van der Waals surface area contributed by atoms with E-state index in [1.54, 1.807) is 0 Å². The van der Waals surface area contributed by atoms with Crippen LogP contribution in [0.3, 0.4) is 0 Å². The Morgan fingerprint density at radius 1 is 1.00 bits per heavy atom. The molecule has 0 saturated heterocycles. The van der Waals surface area contributed by atoms with Gasteiger partial charge in [0.15, 0.2) is 0 Å². The fourth-order valence-corrected chi connectivity index (χ4v) is 3.18. The summed E-state index contributed by atoms with van der Waals surface area (Å²) in [6, 6.07) is 0. The predicted octanol–water partition coefficient (Wildman–Crippen LogP) is 2.40. The molecule has 1 saturated carbocycles. The maximum atomic E-state index is 7.62. The Labute approximate surface area is 117 Å². The van der Waals surface area contributed by atoms with Gasteiger partial charge in [0.2, 0.25) is 0 Å². The highest BCUT2D eigenvalue weighted by Gasteiger charge is 2.44. The third kappa shape index (κ3) is 4.75. The van der Waals surface area contributed by atoms with Gasteiger partial charge in [-0.25, -0.2) is 0 Å². The number of rotatable bonds is 3. The molecular formula is C16H28O3. The van der Waals surface area contributed by atoms with Crippen LogP contribution in [0.2, 0.25) is 0 Å². The van der Waals surface area contributed by atoms with Gasteiger partial charge >= 0.3 is 0 Å². The fraction of sp³-hybridized carbons (Fsp3) is 0.750. The fourth-order valence-electron chi connectivity index (χ4n) is 3.18. The molecule has 3 nitrogen and oxygen atoms in total. The summed E-state index contributed by atoms with van der Waals surface area (Å²) in [7, 11) is 0. The summed E-state index contributed by atoms with van der Waals surface area (Å²) in [5.41, 5.74) is 0. The van der Waals surface area contributed by atoms with E-state index >= 15 is 0 Å². The van der Waals surface area contributed by atoms with E-state index in [1.807, 2.05) is 13.8 Å². The van der Waals surface area contributed by atoms with Gasteiger partial charge in [-0.3, -0.25) is 0 Å². The topological polar surface area (TPSA) is 49.7 Å². The summed E-state index contributed by atoms with van der Waals surface area (Å²) in [6.45, 7) is 5.42. The summed E-state index contributed by atoms with van der Waals surface area (Å²) in [4.78, 5) is 0. The predicted molar refractivity (Wildman–Crippen MR) is 77.8 cm³/mol. The molecule has 3 rings (SSSR count). The molecule has 0 amide bonds. The molecule has 3 aliphatic rings. The molecule has 0 spiro atoms. The van der Waals surface area contributed by atoms with Gasteiger partial charge in [-0.15, -0.1) is 0 Å². The summed E-state index contributed by atoms with van der Waals surface area (Å²) in [5.74, 6) is 3.82. The lowest BCUT2D eigenvalue weighted by Crippen LogP contribution is -2.12. The van der Waals surface area contributed by atoms with E-state index in [1.165, 1.54) is 12.8 Å². The first-order chi connectivity index (χ1) is 9.28. The second kappa shape index (κ2) is 9.29. The molecule has 0 aromatic rings. The lowest BCUT2D eigenvalue weighted by Gasteiger charge is -2.18. The summed E-state index contributed by atoms with van der Waals surface area (Å²) in [6.07, 6.45) is 12.5. The van der Waals surface area contributed by atoms with Crippen molar-refractivity contribution in [2.75, 3.05) is 26.4 Å². The van der Waals surface area contributed by atoms with Gasteiger partial charge in [0, 0.05) is 13.2 Å². The van der Waals surface area contributed by atoms with Gasteiger partial charge in [-0.2, -0.15) is 0 Å². The average Bonchev–Trinajstić information content (AvgIpc) is 3.14. The van der Waals surface area contributed by atoms with Crippen molar-refractivity contribution < 1.29 is 14.9 Å². The van der Waals surface area contributed by atoms with Crippen molar-refractivity contribution in [1.82, 2.24) is 0 Å². The van der Waals surface area contributed by atoms with Crippen LogP contribution in [0.4, 0.5) is 0 Å². The van der Waals surface area contributed by atoms with E-state index in [9.17, 15) is 0 Å². The Kier molecular flexibility index (Phi) is 8.03. The normalized spacial score (nSPS) is 32.4. The molecule has 110 valence electrons. The third-order valence-electron chi connectivity index (χ3n) is 3.96. The highest BCUT2D eigenvalue weighted by Crippen LogP contribution is 2.52. The zero-order valence-electron chi connectivity index (χ0n) is 12.2. The number of hydrogen-bond donors (Lipinski definition) is 2. The molecular weight excluding hydrogens is 240 g/mol. The van der Waals surface area contributed by atoms with Crippen LogP contribution in [0.25, 0.3) is 0 Å². The molecule has 4 atom stereocenters. The van der Waals surface area contributed by atoms with E-state index in [-0.39, 0.29) is 13.2 Å². The summed E-state index contributed by atoms with van der Waals surface area (Å²) < 4.78 is 4.83. The molecule has 0 aromatic heterocycles. The van der Waals surface area contributed by atoms with Crippen LogP contribution >= 0.6 is 0 Å². The summed E-state index contributed by atoms with van der Waals surface area (Å²) in [5, 5.41) is 15.2. The Morgan fingerprint density at radius 2 is 1.63 bits per heavy atom. The minimum Gasteiger partial charge on any atom is -0.394 e. The standard InChI is InChI=1S/C10H12.C4H10O.C2H6O2/c1-2-9-7-4-5-8(6-7)10(9)3-1;1-3-5-4-2;3-1-2-4/h1-2,4-5,7-10H,3,6H2;3-4H2,1-2H3;3-4H,1-2H2. The third-order valence-corrected chi connectivity index (χ3v) is 3.96. The van der Waals surface area contributed by atoms with E-state index in [4.69, 9.17) is 14.9 Å². The van der Waals surface area contributed by atoms with Crippen molar-refractivity contribution in [3.05, 3.63) is 24.3 Å². The first kappa shape index (κ1) is 16.4. The first-order valence-electron chi connectivity index (χ1n) is 7.42. The van der Waals surface area contributed by atoms with E-state index in [2.05, 4.69) is 24.3 Å². The lowest BCUT2D eigenvalue weighted by atomic mass is 9.86. The second-order valence-electron chi connectivity index (χ2n) is 5.08. The molecule has 0 aliphatic heterocycles. The monoisotopic (exact) mass is 268 g/mol. The quantitative estimate of drug-likeness (QED) is 0.773. The zero-order chi connectivity index (χ0) is 14.1. The maximum absolute atomic E-state index is 7.62. The second-order valence-corrected chi connectivity index (χ2v) is 5.08. The molecule has 3 aliphatic carbocycles. The van der Waals surface area contributed by atoms with Crippen molar-refractivity contribution in [3.63, 3.8) is 0 Å². The SMILES string of the molecule is C1=CC2C3C=CC(C3)C2C1.CCOCC.OCCO. The molecule has 19 heavy (non-hydrogen) atoms. The van der Waals surface area contributed by atoms with E-state index < -0.39 is 0 Å². The highest BCUT2D eigenvalue weighted by atomic mass is 16.5. The van der Waals surface area contributed by atoms with Gasteiger partial charge in [-0.1, -0.05) is 24.3 Å². The molecule has 3 heteroatoms. The molecule has 1 fully saturated rings. The van der Waals surface area contributed by atoms with Crippen molar-refractivity contribution in [1.29, 1.82) is 0 Å². The maximum Gasteiger partial charge on any atom is 0.0662 e. The molecule has 0 aromatic carbocycles. The van der Waals surface area contributed by atoms with Gasteiger partial charge in [0.05, 0.1) is 13.2 Å². The van der Waals surface area contributed by atoms with Crippen molar-refractivity contribution >= 4 is 0 Å². The minimum absolute atomic E-state index is 0.125. The number of ether oxygens (including phenoxy) is 1. The van der Waals surface area contributed by atoms with Crippen molar-refractivity contribution in [2.45, 2.75) is 26.7 Å². The zero-order valence-corrected chi connectivity index (χ0v) is 12.2. The van der Waals surface area contributed by atoms with Gasteiger partial charge in [0.1, 0.15) is 0 Å². The number of aliphatic hydroxyl groups is 2. The largest absolute Gasteiger partial charge is 0.394 e. The highest BCUT2D eigenvalue weighted by molar-refractivity contribution is 5.21. The van der Waals surface area contributed by atoms with Gasteiger partial charge in [-0.05, 0) is 50.4 Å². The first-order valence-corrected chi connectivity index (χ1v) is 7.42. The van der Waals surface area contributed by atoms with Gasteiger partial charge < -0.3 is 14.9 Å². The Morgan fingerprint density at radius 3 is 2.11 bits per heavy atom. The smallest absolute Gasteiger partial charge is 0.0662 e. The number of fused-ring (bicyclic) bond motifs is 5. The molecule has 0 radical (unpaired) electrons. The van der Waals surface area contributed by atoms with Crippen LogP contribution in [0.15, 0.2) is 24.3 Å². The molecule has 4 unspecified atom stereocenters. The van der Waals surface area contributed by atoms with E-state index in [0.717, 1.165) is 36.9 Å². The van der Waals surface area contributed by atoms with Crippen LogP contribution in [-0.2, 0) is 4.74 Å². The van der Waals surface area contributed by atoms with Crippen molar-refractivity contribution in [2.24, 2.45) is 23.7 Å². The van der Waals surface area contributed by atoms with Crippen LogP contribution in [0, 0.1) is 23.7 Å². The van der Waals surface area contributed by atoms with Crippen molar-refractivity contribution in [3.8, 4) is 0 Å². The Balaban J connectivity index is 0.000000173. The van der Waals surface area contributed by atoms with Crippen LogP contribution < -0.4 is 0 Å². The number of hydrogen-bond acceptors (Lipinski definition) is 3.